The molecule has 0 atom stereocenters. The molecule has 1 aliphatic heterocycles. The maximum absolute atomic E-state index is 12.8. The number of pyridine rings is 2. The SMILES string of the molecule is CN1CCC(n2cc(C(=O)Cc3cc4cc(-c5cnn(C)c5)cnc4cn3)nn2)CC1. The van der Waals surface area contributed by atoms with Crippen LogP contribution in [0.5, 0.6) is 0 Å². The molecule has 5 rings (SSSR count). The van der Waals surface area contributed by atoms with Crippen molar-refractivity contribution in [3.05, 3.63) is 54.5 Å². The molecule has 1 saturated heterocycles. The summed E-state index contributed by atoms with van der Waals surface area (Å²) in [6, 6.07) is 4.27. The average Bonchev–Trinajstić information content (AvgIpc) is 3.43. The molecule has 0 amide bonds. The monoisotopic (exact) mass is 416 g/mol. The predicted molar refractivity (Wildman–Crippen MR) is 116 cm³/mol. The minimum Gasteiger partial charge on any atom is -0.306 e. The van der Waals surface area contributed by atoms with Gasteiger partial charge in [-0.25, -0.2) is 4.68 Å². The third-order valence-corrected chi connectivity index (χ3v) is 5.86. The third kappa shape index (κ3) is 4.09. The number of aryl methyl sites for hydroxylation is 1. The number of likely N-dealkylation sites (tertiary alicyclic amines) is 1. The Labute approximate surface area is 179 Å². The van der Waals surface area contributed by atoms with Crippen molar-refractivity contribution in [1.82, 2.24) is 39.6 Å². The molecule has 0 spiro atoms. The molecule has 1 aliphatic rings. The van der Waals surface area contributed by atoms with Crippen molar-refractivity contribution < 1.29 is 4.79 Å². The molecule has 1 fully saturated rings. The van der Waals surface area contributed by atoms with E-state index in [1.807, 2.05) is 42.5 Å². The summed E-state index contributed by atoms with van der Waals surface area (Å²) in [6.45, 7) is 2.06. The van der Waals surface area contributed by atoms with Crippen LogP contribution in [0.4, 0.5) is 0 Å². The van der Waals surface area contributed by atoms with Crippen molar-refractivity contribution in [2.75, 3.05) is 20.1 Å². The highest BCUT2D eigenvalue weighted by Gasteiger charge is 2.21. The first-order chi connectivity index (χ1) is 15.0. The second-order valence-corrected chi connectivity index (χ2v) is 8.21. The standard InChI is InChI=1S/C22H24N8O/c1-28-5-3-19(4-6-28)30-14-21(26-27-30)22(31)9-18-8-15-7-16(10-24-20(15)12-23-18)17-11-25-29(2)13-17/h7-8,10-14,19H,3-6,9H2,1-2H3. The van der Waals surface area contributed by atoms with Gasteiger partial charge in [0.25, 0.3) is 0 Å². The number of carbonyl (C=O) groups is 1. The van der Waals surface area contributed by atoms with Gasteiger partial charge in [-0.1, -0.05) is 5.21 Å². The van der Waals surface area contributed by atoms with Gasteiger partial charge in [0, 0.05) is 41.6 Å². The molecule has 4 aromatic rings. The minimum absolute atomic E-state index is 0.0811. The lowest BCUT2D eigenvalue weighted by atomic mass is 10.1. The van der Waals surface area contributed by atoms with Crippen LogP contribution in [0.25, 0.3) is 22.0 Å². The number of piperidine rings is 1. The van der Waals surface area contributed by atoms with Gasteiger partial charge in [-0.05, 0) is 45.1 Å². The normalized spacial score (nSPS) is 15.5. The molecule has 9 nitrogen and oxygen atoms in total. The van der Waals surface area contributed by atoms with Crippen LogP contribution in [0.15, 0.2) is 43.1 Å². The molecular formula is C22H24N8O. The Morgan fingerprint density at radius 2 is 1.87 bits per heavy atom. The summed E-state index contributed by atoms with van der Waals surface area (Å²) in [5.74, 6) is -0.0811. The number of Topliss-reactive ketones (excluding diaryl/α,β-unsaturated/α-hetero) is 1. The van der Waals surface area contributed by atoms with Gasteiger partial charge < -0.3 is 4.90 Å². The average molecular weight is 416 g/mol. The number of ketones is 1. The Morgan fingerprint density at radius 3 is 2.65 bits per heavy atom. The zero-order chi connectivity index (χ0) is 21.4. The smallest absolute Gasteiger partial charge is 0.190 e. The topological polar surface area (TPSA) is 94.6 Å². The van der Waals surface area contributed by atoms with Crippen LogP contribution in [0.3, 0.4) is 0 Å². The minimum atomic E-state index is -0.0811. The van der Waals surface area contributed by atoms with Crippen LogP contribution < -0.4 is 0 Å². The molecule has 9 heteroatoms. The van der Waals surface area contributed by atoms with E-state index in [9.17, 15) is 4.79 Å². The summed E-state index contributed by atoms with van der Waals surface area (Å²) in [7, 11) is 4.01. The van der Waals surface area contributed by atoms with Crippen LogP contribution in [0.2, 0.25) is 0 Å². The second-order valence-electron chi connectivity index (χ2n) is 8.21. The molecule has 0 bridgehead atoms. The van der Waals surface area contributed by atoms with Crippen molar-refractivity contribution >= 4 is 16.7 Å². The maximum atomic E-state index is 12.8. The predicted octanol–water partition coefficient (Wildman–Crippen LogP) is 2.31. The number of nitrogens with zero attached hydrogens (tertiary/aromatic N) is 8. The molecular weight excluding hydrogens is 392 g/mol. The highest BCUT2D eigenvalue weighted by molar-refractivity contribution is 5.95. The van der Waals surface area contributed by atoms with Crippen LogP contribution in [-0.2, 0) is 13.5 Å². The van der Waals surface area contributed by atoms with E-state index in [4.69, 9.17) is 0 Å². The summed E-state index contributed by atoms with van der Waals surface area (Å²) < 4.78 is 3.60. The van der Waals surface area contributed by atoms with Gasteiger partial charge in [-0.3, -0.25) is 19.4 Å². The molecule has 158 valence electrons. The van der Waals surface area contributed by atoms with Gasteiger partial charge in [-0.2, -0.15) is 5.10 Å². The summed E-state index contributed by atoms with van der Waals surface area (Å²) in [5.41, 5.74) is 3.85. The van der Waals surface area contributed by atoms with Crippen LogP contribution in [0.1, 0.15) is 35.1 Å². The molecule has 0 N–H and O–H groups in total. The molecule has 31 heavy (non-hydrogen) atoms. The van der Waals surface area contributed by atoms with Crippen LogP contribution in [0, 0.1) is 0 Å². The largest absolute Gasteiger partial charge is 0.306 e. The van der Waals surface area contributed by atoms with Crippen molar-refractivity contribution in [2.24, 2.45) is 7.05 Å². The van der Waals surface area contributed by atoms with E-state index in [-0.39, 0.29) is 12.2 Å². The fourth-order valence-electron chi connectivity index (χ4n) is 4.00. The van der Waals surface area contributed by atoms with Crippen molar-refractivity contribution in [3.63, 3.8) is 0 Å². The van der Waals surface area contributed by atoms with Gasteiger partial charge in [-0.15, -0.1) is 5.10 Å². The van der Waals surface area contributed by atoms with Crippen LogP contribution >= 0.6 is 0 Å². The van der Waals surface area contributed by atoms with Gasteiger partial charge in [0.05, 0.1) is 36.6 Å². The zero-order valence-electron chi connectivity index (χ0n) is 17.6. The van der Waals surface area contributed by atoms with Crippen molar-refractivity contribution in [3.8, 4) is 11.1 Å². The zero-order valence-corrected chi connectivity index (χ0v) is 17.6. The third-order valence-electron chi connectivity index (χ3n) is 5.86. The molecule has 0 unspecified atom stereocenters. The molecule has 4 aromatic heterocycles. The first kappa shape index (κ1) is 19.5. The maximum Gasteiger partial charge on any atom is 0.190 e. The number of hydrogen-bond donors (Lipinski definition) is 0. The molecule has 0 aromatic carbocycles. The van der Waals surface area contributed by atoms with E-state index < -0.39 is 0 Å². The number of hydrogen-bond acceptors (Lipinski definition) is 7. The lowest BCUT2D eigenvalue weighted by Gasteiger charge is -2.28. The van der Waals surface area contributed by atoms with E-state index in [0.29, 0.717) is 17.4 Å². The van der Waals surface area contributed by atoms with Gasteiger partial charge in [0.1, 0.15) is 5.69 Å². The van der Waals surface area contributed by atoms with Crippen LogP contribution in [-0.4, -0.2) is 65.6 Å². The molecule has 0 aliphatic carbocycles. The van der Waals surface area contributed by atoms with Gasteiger partial charge in [0.2, 0.25) is 0 Å². The highest BCUT2D eigenvalue weighted by Crippen LogP contribution is 2.23. The fourth-order valence-corrected chi connectivity index (χ4v) is 4.00. The molecule has 0 radical (unpaired) electrons. The van der Waals surface area contributed by atoms with E-state index in [1.165, 1.54) is 0 Å². The summed E-state index contributed by atoms with van der Waals surface area (Å²) in [4.78, 5) is 24.0. The highest BCUT2D eigenvalue weighted by atomic mass is 16.1. The van der Waals surface area contributed by atoms with E-state index in [2.05, 4.69) is 37.3 Å². The summed E-state index contributed by atoms with van der Waals surface area (Å²) in [6.07, 6.45) is 11.3. The number of fused-ring (bicyclic) bond motifs is 1. The number of aromatic nitrogens is 7. The summed E-state index contributed by atoms with van der Waals surface area (Å²) in [5, 5.41) is 13.5. The second kappa shape index (κ2) is 7.99. The van der Waals surface area contributed by atoms with E-state index >= 15 is 0 Å². The van der Waals surface area contributed by atoms with Gasteiger partial charge in [0.15, 0.2) is 5.78 Å². The van der Waals surface area contributed by atoms with Crippen molar-refractivity contribution in [2.45, 2.75) is 25.3 Å². The first-order valence-electron chi connectivity index (χ1n) is 10.4. The summed E-state index contributed by atoms with van der Waals surface area (Å²) >= 11 is 0. The Bertz CT molecular complexity index is 1240. The fraction of sp³-hybridized carbons (Fsp3) is 0.364. The van der Waals surface area contributed by atoms with E-state index in [0.717, 1.165) is 48.0 Å². The Hall–Kier alpha value is -3.46. The lowest BCUT2D eigenvalue weighted by molar-refractivity contribution is 0.0987. The number of rotatable bonds is 5. The quantitative estimate of drug-likeness (QED) is 0.461. The molecule has 5 heterocycles. The first-order valence-corrected chi connectivity index (χ1v) is 10.4. The molecule has 0 saturated carbocycles. The van der Waals surface area contributed by atoms with Gasteiger partial charge >= 0.3 is 0 Å². The Balaban J connectivity index is 1.33. The van der Waals surface area contributed by atoms with E-state index in [1.54, 1.807) is 17.1 Å². The van der Waals surface area contributed by atoms with Crippen molar-refractivity contribution in [1.29, 1.82) is 0 Å². The number of carbonyl (C=O) groups excluding carboxylic acids is 1. The Morgan fingerprint density at radius 1 is 1.03 bits per heavy atom. The lowest BCUT2D eigenvalue weighted by Crippen LogP contribution is -2.31. The Kier molecular flexibility index (Phi) is 5.03.